The van der Waals surface area contributed by atoms with Crippen molar-refractivity contribution in [3.8, 4) is 0 Å². The van der Waals surface area contributed by atoms with Crippen molar-refractivity contribution in [1.29, 1.82) is 0 Å². The Bertz CT molecular complexity index is 323. The van der Waals surface area contributed by atoms with Crippen LogP contribution in [-0.4, -0.2) is 12.2 Å². The normalized spacial score (nSPS) is 12.2. The number of halogens is 1. The standard InChI is InChI=1S/C11H13ClO2/c1-8(14-2)6-11(13)9-4-3-5-10(12)7-9/h3-5,7,11,13H,1,6H2,2H3/t11-/m0/s1. The molecule has 0 aromatic heterocycles. The Balaban J connectivity index is 2.69. The van der Waals surface area contributed by atoms with Crippen molar-refractivity contribution in [2.45, 2.75) is 12.5 Å². The average Bonchev–Trinajstić information content (AvgIpc) is 2.17. The molecule has 0 bridgehead atoms. The second-order valence-corrected chi connectivity index (χ2v) is 3.45. The molecule has 14 heavy (non-hydrogen) atoms. The van der Waals surface area contributed by atoms with Crippen LogP contribution in [0.1, 0.15) is 18.1 Å². The Morgan fingerprint density at radius 1 is 1.64 bits per heavy atom. The summed E-state index contributed by atoms with van der Waals surface area (Å²) in [5.74, 6) is 0.553. The van der Waals surface area contributed by atoms with E-state index < -0.39 is 6.10 Å². The van der Waals surface area contributed by atoms with E-state index in [4.69, 9.17) is 16.3 Å². The number of hydrogen-bond donors (Lipinski definition) is 1. The molecule has 0 unspecified atom stereocenters. The van der Waals surface area contributed by atoms with Gasteiger partial charge in [-0.3, -0.25) is 0 Å². The number of hydrogen-bond acceptors (Lipinski definition) is 2. The Hall–Kier alpha value is -0.990. The average molecular weight is 213 g/mol. The summed E-state index contributed by atoms with van der Waals surface area (Å²) in [4.78, 5) is 0. The van der Waals surface area contributed by atoms with Crippen molar-refractivity contribution in [3.05, 3.63) is 47.2 Å². The minimum Gasteiger partial charge on any atom is -0.502 e. The minimum absolute atomic E-state index is 0.386. The second kappa shape index (κ2) is 5.03. The molecule has 3 heteroatoms. The first-order chi connectivity index (χ1) is 6.63. The summed E-state index contributed by atoms with van der Waals surface area (Å²) >= 11 is 5.79. The van der Waals surface area contributed by atoms with Gasteiger partial charge in [-0.2, -0.15) is 0 Å². The van der Waals surface area contributed by atoms with E-state index in [1.165, 1.54) is 7.11 Å². The zero-order valence-corrected chi connectivity index (χ0v) is 8.79. The first-order valence-electron chi connectivity index (χ1n) is 4.28. The van der Waals surface area contributed by atoms with E-state index in [1.807, 2.05) is 6.07 Å². The smallest absolute Gasteiger partial charge is 0.0913 e. The van der Waals surface area contributed by atoms with Gasteiger partial charge >= 0.3 is 0 Å². The molecule has 1 atom stereocenters. The van der Waals surface area contributed by atoms with Crippen LogP contribution in [0.4, 0.5) is 0 Å². The van der Waals surface area contributed by atoms with Crippen LogP contribution in [0, 0.1) is 0 Å². The van der Waals surface area contributed by atoms with E-state index in [1.54, 1.807) is 18.2 Å². The minimum atomic E-state index is -0.610. The van der Waals surface area contributed by atoms with Crippen LogP contribution in [0.25, 0.3) is 0 Å². The highest BCUT2D eigenvalue weighted by atomic mass is 35.5. The summed E-state index contributed by atoms with van der Waals surface area (Å²) in [7, 11) is 1.53. The lowest BCUT2D eigenvalue weighted by Gasteiger charge is -2.12. The molecule has 0 fully saturated rings. The van der Waals surface area contributed by atoms with Gasteiger partial charge in [0.15, 0.2) is 0 Å². The highest BCUT2D eigenvalue weighted by Crippen LogP contribution is 2.22. The van der Waals surface area contributed by atoms with Gasteiger partial charge in [0.2, 0.25) is 0 Å². The molecule has 0 radical (unpaired) electrons. The third kappa shape index (κ3) is 3.05. The second-order valence-electron chi connectivity index (χ2n) is 3.02. The summed E-state index contributed by atoms with van der Waals surface area (Å²) in [5.41, 5.74) is 0.774. The molecule has 0 saturated heterocycles. The molecule has 1 aromatic carbocycles. The molecule has 0 aliphatic rings. The molecule has 0 saturated carbocycles. The number of rotatable bonds is 4. The molecule has 1 N–H and O–H groups in total. The van der Waals surface area contributed by atoms with Gasteiger partial charge in [-0.1, -0.05) is 30.3 Å². The number of aliphatic hydroxyl groups is 1. The monoisotopic (exact) mass is 212 g/mol. The van der Waals surface area contributed by atoms with Crippen LogP contribution in [0.15, 0.2) is 36.6 Å². The Morgan fingerprint density at radius 3 is 2.93 bits per heavy atom. The van der Waals surface area contributed by atoms with Crippen LogP contribution in [0.2, 0.25) is 5.02 Å². The molecule has 0 aliphatic heterocycles. The van der Waals surface area contributed by atoms with Gasteiger partial charge in [0.1, 0.15) is 0 Å². The van der Waals surface area contributed by atoms with E-state index in [-0.39, 0.29) is 0 Å². The third-order valence-corrected chi connectivity index (χ3v) is 2.18. The fourth-order valence-electron chi connectivity index (χ4n) is 1.13. The van der Waals surface area contributed by atoms with Crippen LogP contribution in [-0.2, 0) is 4.74 Å². The van der Waals surface area contributed by atoms with Gasteiger partial charge in [-0.15, -0.1) is 0 Å². The quantitative estimate of drug-likeness (QED) is 0.778. The summed E-state index contributed by atoms with van der Waals surface area (Å²) in [6.07, 6.45) is -0.224. The lowest BCUT2D eigenvalue weighted by atomic mass is 10.1. The molecular formula is C11H13ClO2. The predicted molar refractivity (Wildman–Crippen MR) is 57.2 cm³/mol. The Kier molecular flexibility index (Phi) is 3.98. The third-order valence-electron chi connectivity index (χ3n) is 1.94. The van der Waals surface area contributed by atoms with Crippen molar-refractivity contribution in [3.63, 3.8) is 0 Å². The fourth-order valence-corrected chi connectivity index (χ4v) is 1.33. The van der Waals surface area contributed by atoms with Crippen LogP contribution < -0.4 is 0 Å². The summed E-state index contributed by atoms with van der Waals surface area (Å²) in [5, 5.41) is 10.4. The number of aliphatic hydroxyl groups excluding tert-OH is 1. The maximum absolute atomic E-state index is 9.75. The Labute approximate surface area is 88.8 Å². The Morgan fingerprint density at radius 2 is 2.36 bits per heavy atom. The zero-order valence-electron chi connectivity index (χ0n) is 8.03. The van der Waals surface area contributed by atoms with E-state index in [0.717, 1.165) is 5.56 Å². The summed E-state index contributed by atoms with van der Waals surface area (Å²) < 4.78 is 4.89. The van der Waals surface area contributed by atoms with Gasteiger partial charge in [0.05, 0.1) is 19.0 Å². The molecule has 0 spiro atoms. The number of ether oxygens (including phenoxy) is 1. The molecule has 0 aliphatic carbocycles. The molecule has 0 heterocycles. The molecule has 76 valence electrons. The summed E-state index contributed by atoms with van der Waals surface area (Å²) in [6, 6.07) is 7.12. The van der Waals surface area contributed by atoms with Crippen molar-refractivity contribution in [2.75, 3.05) is 7.11 Å². The maximum atomic E-state index is 9.75. The highest BCUT2D eigenvalue weighted by molar-refractivity contribution is 6.30. The SMILES string of the molecule is C=C(C[C@H](O)c1cccc(Cl)c1)OC. The van der Waals surface area contributed by atoms with E-state index >= 15 is 0 Å². The van der Waals surface area contributed by atoms with Crippen LogP contribution in [0.5, 0.6) is 0 Å². The van der Waals surface area contributed by atoms with Crippen molar-refractivity contribution >= 4 is 11.6 Å². The van der Waals surface area contributed by atoms with Crippen molar-refractivity contribution < 1.29 is 9.84 Å². The summed E-state index contributed by atoms with van der Waals surface area (Å²) in [6.45, 7) is 3.65. The van der Waals surface area contributed by atoms with E-state index in [2.05, 4.69) is 6.58 Å². The number of benzene rings is 1. The van der Waals surface area contributed by atoms with Crippen molar-refractivity contribution in [2.24, 2.45) is 0 Å². The number of methoxy groups -OCH3 is 1. The molecule has 1 rings (SSSR count). The highest BCUT2D eigenvalue weighted by Gasteiger charge is 2.09. The molecular weight excluding hydrogens is 200 g/mol. The molecule has 2 nitrogen and oxygen atoms in total. The van der Waals surface area contributed by atoms with E-state index in [0.29, 0.717) is 17.2 Å². The molecule has 0 amide bonds. The van der Waals surface area contributed by atoms with Crippen LogP contribution >= 0.6 is 11.6 Å². The molecule has 1 aromatic rings. The first kappa shape index (κ1) is 11.1. The van der Waals surface area contributed by atoms with Gasteiger partial charge < -0.3 is 9.84 Å². The van der Waals surface area contributed by atoms with Crippen molar-refractivity contribution in [1.82, 2.24) is 0 Å². The largest absolute Gasteiger partial charge is 0.502 e. The lowest BCUT2D eigenvalue weighted by molar-refractivity contribution is 0.150. The zero-order chi connectivity index (χ0) is 10.6. The van der Waals surface area contributed by atoms with Crippen LogP contribution in [0.3, 0.4) is 0 Å². The van der Waals surface area contributed by atoms with Gasteiger partial charge in [-0.05, 0) is 17.7 Å². The lowest BCUT2D eigenvalue weighted by Crippen LogP contribution is -1.99. The topological polar surface area (TPSA) is 29.5 Å². The van der Waals surface area contributed by atoms with Gasteiger partial charge in [0.25, 0.3) is 0 Å². The first-order valence-corrected chi connectivity index (χ1v) is 4.66. The maximum Gasteiger partial charge on any atom is 0.0913 e. The van der Waals surface area contributed by atoms with Gasteiger partial charge in [0, 0.05) is 11.4 Å². The van der Waals surface area contributed by atoms with E-state index in [9.17, 15) is 5.11 Å². The van der Waals surface area contributed by atoms with Gasteiger partial charge in [-0.25, -0.2) is 0 Å². The fraction of sp³-hybridized carbons (Fsp3) is 0.273. The predicted octanol–water partition coefficient (Wildman–Crippen LogP) is 2.92.